The third-order valence-electron chi connectivity index (χ3n) is 1.62. The Morgan fingerprint density at radius 3 is 2.12 bits per heavy atom. The van der Waals surface area contributed by atoms with Crippen LogP contribution in [0, 0.1) is 0 Å². The van der Waals surface area contributed by atoms with E-state index < -0.39 is 0 Å². The van der Waals surface area contributed by atoms with Crippen molar-refractivity contribution in [3.8, 4) is 0 Å². The molecular formula is C13H20N3+. The summed E-state index contributed by atoms with van der Waals surface area (Å²) in [5, 5.41) is 1.13. The summed E-state index contributed by atoms with van der Waals surface area (Å²) in [6.45, 7) is 0. The average Bonchev–Trinajstić information content (AvgIpc) is 2.15. The summed E-state index contributed by atoms with van der Waals surface area (Å²) in [6, 6.07) is 11.7. The second kappa shape index (κ2) is 4.94. The molecular weight excluding hydrogens is 198 g/mol. The number of hydrogen-bond acceptors (Lipinski definition) is 2. The predicted octanol–water partition coefficient (Wildman–Crippen LogP) is 2.14. The van der Waals surface area contributed by atoms with Gasteiger partial charge in [0.1, 0.15) is 5.82 Å². The van der Waals surface area contributed by atoms with E-state index in [4.69, 9.17) is 5.73 Å². The first-order chi connectivity index (χ1) is 7.36. The van der Waals surface area contributed by atoms with Gasteiger partial charge in [-0.1, -0.05) is 18.2 Å². The Labute approximate surface area is 97.1 Å². The van der Waals surface area contributed by atoms with Crippen molar-refractivity contribution >= 4 is 16.7 Å². The molecule has 2 N–H and O–H groups in total. The number of quaternary nitrogens is 1. The second-order valence-corrected chi connectivity index (χ2v) is 5.11. The summed E-state index contributed by atoms with van der Waals surface area (Å²) in [7, 11) is 8.50. The van der Waals surface area contributed by atoms with E-state index in [2.05, 4.69) is 33.2 Å². The summed E-state index contributed by atoms with van der Waals surface area (Å²) in [4.78, 5) is 4.15. The Bertz CT molecular complexity index is 452. The van der Waals surface area contributed by atoms with Crippen LogP contribution in [0.2, 0.25) is 0 Å². The maximum absolute atomic E-state index is 5.51. The number of hydrogen-bond donors (Lipinski definition) is 1. The molecule has 0 atom stereocenters. The van der Waals surface area contributed by atoms with E-state index in [0.717, 1.165) is 15.4 Å². The Morgan fingerprint density at radius 2 is 1.50 bits per heavy atom. The minimum Gasteiger partial charge on any atom is -0.384 e. The molecule has 16 heavy (non-hydrogen) atoms. The molecule has 0 unspecified atom stereocenters. The predicted molar refractivity (Wildman–Crippen MR) is 70.1 cm³/mol. The SMILES string of the molecule is C[N+](C)(C)C.Nc1ccc2ccccc2n1. The highest BCUT2D eigenvalue weighted by Gasteiger charge is 1.91. The van der Waals surface area contributed by atoms with Gasteiger partial charge in [-0.2, -0.15) is 0 Å². The van der Waals surface area contributed by atoms with Crippen LogP contribution in [-0.2, 0) is 0 Å². The van der Waals surface area contributed by atoms with Crippen molar-refractivity contribution in [3.63, 3.8) is 0 Å². The van der Waals surface area contributed by atoms with Crippen molar-refractivity contribution in [1.82, 2.24) is 4.98 Å². The van der Waals surface area contributed by atoms with Gasteiger partial charge in [0.2, 0.25) is 0 Å². The minimum atomic E-state index is 0.573. The lowest BCUT2D eigenvalue weighted by atomic mass is 10.2. The smallest absolute Gasteiger partial charge is 0.124 e. The highest BCUT2D eigenvalue weighted by molar-refractivity contribution is 5.79. The van der Waals surface area contributed by atoms with E-state index in [0.29, 0.717) is 5.82 Å². The van der Waals surface area contributed by atoms with E-state index in [-0.39, 0.29) is 0 Å². The molecule has 0 amide bonds. The van der Waals surface area contributed by atoms with E-state index in [1.165, 1.54) is 0 Å². The van der Waals surface area contributed by atoms with Crippen LogP contribution in [-0.4, -0.2) is 37.7 Å². The number of aromatic nitrogens is 1. The van der Waals surface area contributed by atoms with Crippen LogP contribution in [0.1, 0.15) is 0 Å². The minimum absolute atomic E-state index is 0.573. The van der Waals surface area contributed by atoms with Crippen molar-refractivity contribution in [3.05, 3.63) is 36.4 Å². The first-order valence-corrected chi connectivity index (χ1v) is 5.26. The molecule has 1 aromatic carbocycles. The third kappa shape index (κ3) is 4.75. The van der Waals surface area contributed by atoms with Crippen molar-refractivity contribution in [2.45, 2.75) is 0 Å². The monoisotopic (exact) mass is 218 g/mol. The zero-order valence-corrected chi connectivity index (χ0v) is 10.4. The Balaban J connectivity index is 0.000000221. The molecule has 0 aliphatic carbocycles. The van der Waals surface area contributed by atoms with Crippen LogP contribution in [0.3, 0.4) is 0 Å². The van der Waals surface area contributed by atoms with Crippen molar-refractivity contribution in [2.75, 3.05) is 33.9 Å². The van der Waals surface area contributed by atoms with E-state index in [1.807, 2.05) is 36.4 Å². The van der Waals surface area contributed by atoms with Gasteiger partial charge in [-0.05, 0) is 18.2 Å². The van der Waals surface area contributed by atoms with Gasteiger partial charge in [-0.3, -0.25) is 0 Å². The number of rotatable bonds is 0. The highest BCUT2D eigenvalue weighted by Crippen LogP contribution is 2.11. The number of para-hydroxylation sites is 1. The van der Waals surface area contributed by atoms with Gasteiger partial charge in [0, 0.05) is 5.39 Å². The van der Waals surface area contributed by atoms with Crippen LogP contribution in [0.25, 0.3) is 10.9 Å². The number of nitrogens with zero attached hydrogens (tertiary/aromatic N) is 2. The molecule has 0 radical (unpaired) electrons. The molecule has 86 valence electrons. The summed E-state index contributed by atoms with van der Waals surface area (Å²) in [5.74, 6) is 0.573. The quantitative estimate of drug-likeness (QED) is 0.688. The third-order valence-corrected chi connectivity index (χ3v) is 1.62. The molecule has 0 spiro atoms. The first kappa shape index (κ1) is 12.5. The number of nitrogen functional groups attached to an aromatic ring is 1. The normalized spacial score (nSPS) is 10.8. The lowest BCUT2D eigenvalue weighted by Crippen LogP contribution is -2.27. The van der Waals surface area contributed by atoms with Gasteiger partial charge in [-0.15, -0.1) is 0 Å². The van der Waals surface area contributed by atoms with Crippen LogP contribution in [0.5, 0.6) is 0 Å². The molecule has 0 saturated heterocycles. The van der Waals surface area contributed by atoms with Crippen molar-refractivity contribution in [2.24, 2.45) is 0 Å². The summed E-state index contributed by atoms with van der Waals surface area (Å²) in [6.07, 6.45) is 0. The molecule has 0 aliphatic rings. The van der Waals surface area contributed by atoms with E-state index >= 15 is 0 Å². The van der Waals surface area contributed by atoms with Crippen LogP contribution in [0.15, 0.2) is 36.4 Å². The molecule has 0 fully saturated rings. The van der Waals surface area contributed by atoms with Gasteiger partial charge < -0.3 is 10.2 Å². The van der Waals surface area contributed by atoms with Gasteiger partial charge in [0.25, 0.3) is 0 Å². The topological polar surface area (TPSA) is 38.9 Å². The Hall–Kier alpha value is -1.61. The van der Waals surface area contributed by atoms with E-state index in [1.54, 1.807) is 0 Å². The summed E-state index contributed by atoms with van der Waals surface area (Å²) in [5.41, 5.74) is 6.46. The Kier molecular flexibility index (Phi) is 3.85. The maximum atomic E-state index is 5.51. The average molecular weight is 218 g/mol. The summed E-state index contributed by atoms with van der Waals surface area (Å²) >= 11 is 0. The molecule has 0 saturated carbocycles. The van der Waals surface area contributed by atoms with Gasteiger partial charge >= 0.3 is 0 Å². The Morgan fingerprint density at radius 1 is 0.938 bits per heavy atom. The zero-order chi connectivity index (χ0) is 12.2. The van der Waals surface area contributed by atoms with E-state index in [9.17, 15) is 0 Å². The number of nitrogens with two attached hydrogens (primary N) is 1. The zero-order valence-electron chi connectivity index (χ0n) is 10.4. The second-order valence-electron chi connectivity index (χ2n) is 5.11. The van der Waals surface area contributed by atoms with Gasteiger partial charge in [0.05, 0.1) is 33.7 Å². The highest BCUT2D eigenvalue weighted by atomic mass is 15.2. The molecule has 2 aromatic rings. The van der Waals surface area contributed by atoms with Gasteiger partial charge in [0.15, 0.2) is 0 Å². The fraction of sp³-hybridized carbons (Fsp3) is 0.308. The number of benzene rings is 1. The molecule has 2 rings (SSSR count). The number of pyridine rings is 1. The molecule has 3 heteroatoms. The number of fused-ring (bicyclic) bond motifs is 1. The van der Waals surface area contributed by atoms with Gasteiger partial charge in [-0.25, -0.2) is 4.98 Å². The molecule has 1 heterocycles. The summed E-state index contributed by atoms with van der Waals surface area (Å²) < 4.78 is 1.00. The fourth-order valence-corrected chi connectivity index (χ4v) is 1.08. The standard InChI is InChI=1S/C9H8N2.C4H12N/c10-9-6-5-7-3-1-2-4-8(7)11-9;1-5(2,3)4/h1-6H,(H2,10,11);1-4H3/q;+1. The lowest BCUT2D eigenvalue weighted by Gasteiger charge is -2.14. The van der Waals surface area contributed by atoms with Crippen molar-refractivity contribution < 1.29 is 4.48 Å². The van der Waals surface area contributed by atoms with Crippen LogP contribution < -0.4 is 5.73 Å². The van der Waals surface area contributed by atoms with Crippen molar-refractivity contribution in [1.29, 1.82) is 0 Å². The van der Waals surface area contributed by atoms with Crippen LogP contribution in [0.4, 0.5) is 5.82 Å². The first-order valence-electron chi connectivity index (χ1n) is 5.26. The molecule has 0 bridgehead atoms. The molecule has 1 aromatic heterocycles. The molecule has 0 aliphatic heterocycles. The lowest BCUT2D eigenvalue weighted by molar-refractivity contribution is -0.849. The maximum Gasteiger partial charge on any atom is 0.124 e. The molecule has 3 nitrogen and oxygen atoms in total. The number of anilines is 1. The van der Waals surface area contributed by atoms with Crippen LogP contribution >= 0.6 is 0 Å². The largest absolute Gasteiger partial charge is 0.384 e. The fourth-order valence-electron chi connectivity index (χ4n) is 1.08.